The summed E-state index contributed by atoms with van der Waals surface area (Å²) in [5.41, 5.74) is 0. The summed E-state index contributed by atoms with van der Waals surface area (Å²) in [6, 6.07) is 0. The maximum absolute atomic E-state index is 11.4. The number of carbonyl (C=O) groups excluding carboxylic acids is 2. The molecule has 94 valence electrons. The van der Waals surface area contributed by atoms with Gasteiger partial charge in [-0.15, -0.1) is 0 Å². The summed E-state index contributed by atoms with van der Waals surface area (Å²) in [6.07, 6.45) is 0.603. The van der Waals surface area contributed by atoms with Gasteiger partial charge >= 0.3 is 11.9 Å². The lowest BCUT2D eigenvalue weighted by molar-refractivity contribution is -0.151. The number of methoxy groups -OCH3 is 1. The predicted molar refractivity (Wildman–Crippen MR) is 57.9 cm³/mol. The first kappa shape index (κ1) is 14.9. The summed E-state index contributed by atoms with van der Waals surface area (Å²) >= 11 is 0. The maximum atomic E-state index is 11.4. The van der Waals surface area contributed by atoms with Crippen molar-refractivity contribution in [1.29, 1.82) is 0 Å². The quantitative estimate of drug-likeness (QED) is 0.587. The van der Waals surface area contributed by atoms with Crippen molar-refractivity contribution in [3.8, 4) is 0 Å². The molecule has 5 heteroatoms. The highest BCUT2D eigenvalue weighted by atomic mass is 16.5. The second-order valence-corrected chi connectivity index (χ2v) is 3.25. The Balaban J connectivity index is 4.02. The van der Waals surface area contributed by atoms with Gasteiger partial charge in [-0.05, 0) is 20.3 Å². The summed E-state index contributed by atoms with van der Waals surface area (Å²) in [4.78, 5) is 22.6. The van der Waals surface area contributed by atoms with Crippen molar-refractivity contribution < 1.29 is 23.8 Å². The fourth-order valence-electron chi connectivity index (χ4n) is 1.26. The third-order valence-electron chi connectivity index (χ3n) is 1.99. The molecule has 0 radical (unpaired) electrons. The van der Waals surface area contributed by atoms with Crippen LogP contribution < -0.4 is 0 Å². The van der Waals surface area contributed by atoms with Gasteiger partial charge in [0.1, 0.15) is 0 Å². The minimum Gasteiger partial charge on any atom is -0.466 e. The van der Waals surface area contributed by atoms with Crippen molar-refractivity contribution in [1.82, 2.24) is 0 Å². The second-order valence-electron chi connectivity index (χ2n) is 3.25. The van der Waals surface area contributed by atoms with Crippen molar-refractivity contribution in [3.63, 3.8) is 0 Å². The monoisotopic (exact) mass is 232 g/mol. The van der Waals surface area contributed by atoms with Crippen LogP contribution in [0, 0.1) is 5.92 Å². The minimum atomic E-state index is -0.394. The van der Waals surface area contributed by atoms with Crippen LogP contribution in [-0.4, -0.2) is 38.9 Å². The van der Waals surface area contributed by atoms with Gasteiger partial charge in [0.2, 0.25) is 0 Å². The van der Waals surface area contributed by atoms with Gasteiger partial charge in [0.25, 0.3) is 0 Å². The van der Waals surface area contributed by atoms with Crippen molar-refractivity contribution in [2.45, 2.75) is 26.7 Å². The van der Waals surface area contributed by atoms with Crippen LogP contribution in [0.1, 0.15) is 26.7 Å². The maximum Gasteiger partial charge on any atom is 0.311 e. The second kappa shape index (κ2) is 9.15. The third kappa shape index (κ3) is 6.40. The molecular weight excluding hydrogens is 212 g/mol. The first-order valence-corrected chi connectivity index (χ1v) is 5.46. The standard InChI is InChI=1S/C11H20O5/c1-4-15-10(12)7-6-9(8-14-3)11(13)16-5-2/h9H,4-8H2,1-3H3. The van der Waals surface area contributed by atoms with Crippen molar-refractivity contribution in [2.75, 3.05) is 26.9 Å². The number of hydrogen-bond acceptors (Lipinski definition) is 5. The number of ether oxygens (including phenoxy) is 3. The molecule has 0 fully saturated rings. The molecule has 0 aliphatic carbocycles. The molecule has 0 saturated heterocycles. The predicted octanol–water partition coefficient (Wildman–Crippen LogP) is 1.16. The summed E-state index contributed by atoms with van der Waals surface area (Å²) in [6.45, 7) is 4.44. The molecule has 0 N–H and O–H groups in total. The Labute approximate surface area is 96.1 Å². The van der Waals surface area contributed by atoms with Gasteiger partial charge in [0, 0.05) is 13.5 Å². The van der Waals surface area contributed by atoms with Gasteiger partial charge in [-0.1, -0.05) is 0 Å². The van der Waals surface area contributed by atoms with Crippen LogP contribution in [0.3, 0.4) is 0 Å². The fraction of sp³-hybridized carbons (Fsp3) is 0.818. The third-order valence-corrected chi connectivity index (χ3v) is 1.99. The number of esters is 2. The Bertz CT molecular complexity index is 214. The molecule has 1 atom stereocenters. The molecule has 5 nitrogen and oxygen atoms in total. The van der Waals surface area contributed by atoms with Crippen LogP contribution >= 0.6 is 0 Å². The molecule has 0 rings (SSSR count). The number of carbonyl (C=O) groups is 2. The van der Waals surface area contributed by atoms with Gasteiger partial charge in [-0.3, -0.25) is 9.59 Å². The van der Waals surface area contributed by atoms with Crippen LogP contribution in [0.15, 0.2) is 0 Å². The zero-order chi connectivity index (χ0) is 12.4. The average Bonchev–Trinajstić information content (AvgIpc) is 2.24. The van der Waals surface area contributed by atoms with E-state index in [0.29, 0.717) is 19.6 Å². The Kier molecular flexibility index (Phi) is 8.52. The molecule has 0 spiro atoms. The van der Waals surface area contributed by atoms with Gasteiger partial charge in [-0.25, -0.2) is 0 Å². The van der Waals surface area contributed by atoms with E-state index in [1.165, 1.54) is 7.11 Å². The lowest BCUT2D eigenvalue weighted by Gasteiger charge is -2.13. The first-order chi connectivity index (χ1) is 7.65. The average molecular weight is 232 g/mol. The summed E-state index contributed by atoms with van der Waals surface area (Å²) < 4.78 is 14.6. The van der Waals surface area contributed by atoms with E-state index < -0.39 is 5.92 Å². The summed E-state index contributed by atoms with van der Waals surface area (Å²) in [5.74, 6) is -1.02. The van der Waals surface area contributed by atoms with Crippen molar-refractivity contribution >= 4 is 11.9 Å². The Morgan fingerprint density at radius 2 is 1.75 bits per heavy atom. The first-order valence-electron chi connectivity index (χ1n) is 5.46. The zero-order valence-electron chi connectivity index (χ0n) is 10.2. The topological polar surface area (TPSA) is 61.8 Å². The largest absolute Gasteiger partial charge is 0.466 e. The van der Waals surface area contributed by atoms with Gasteiger partial charge in [-0.2, -0.15) is 0 Å². The van der Waals surface area contributed by atoms with Crippen LogP contribution in [0.4, 0.5) is 0 Å². The molecule has 0 aromatic rings. The smallest absolute Gasteiger partial charge is 0.311 e. The SMILES string of the molecule is CCOC(=O)CCC(COC)C(=O)OCC. The van der Waals surface area contributed by atoms with E-state index in [1.807, 2.05) is 0 Å². The van der Waals surface area contributed by atoms with Crippen LogP contribution in [0.2, 0.25) is 0 Å². The lowest BCUT2D eigenvalue weighted by Crippen LogP contribution is -2.23. The Morgan fingerprint density at radius 3 is 2.25 bits per heavy atom. The van der Waals surface area contributed by atoms with E-state index >= 15 is 0 Å². The van der Waals surface area contributed by atoms with E-state index in [-0.39, 0.29) is 25.0 Å². The molecular formula is C11H20O5. The van der Waals surface area contributed by atoms with E-state index in [9.17, 15) is 9.59 Å². The van der Waals surface area contributed by atoms with Crippen LogP contribution in [0.25, 0.3) is 0 Å². The molecule has 0 aliphatic heterocycles. The van der Waals surface area contributed by atoms with E-state index in [1.54, 1.807) is 13.8 Å². The molecule has 16 heavy (non-hydrogen) atoms. The normalized spacial score (nSPS) is 11.9. The molecule has 0 amide bonds. The zero-order valence-corrected chi connectivity index (χ0v) is 10.2. The van der Waals surface area contributed by atoms with Gasteiger partial charge < -0.3 is 14.2 Å². The van der Waals surface area contributed by atoms with E-state index in [4.69, 9.17) is 14.2 Å². The Hall–Kier alpha value is -1.10. The molecule has 0 bridgehead atoms. The highest BCUT2D eigenvalue weighted by Gasteiger charge is 2.20. The van der Waals surface area contributed by atoms with E-state index in [0.717, 1.165) is 0 Å². The fourth-order valence-corrected chi connectivity index (χ4v) is 1.26. The number of rotatable bonds is 8. The molecule has 0 heterocycles. The molecule has 1 unspecified atom stereocenters. The minimum absolute atomic E-state index is 0.209. The van der Waals surface area contributed by atoms with Crippen molar-refractivity contribution in [2.24, 2.45) is 5.92 Å². The lowest BCUT2D eigenvalue weighted by atomic mass is 10.0. The van der Waals surface area contributed by atoms with Gasteiger partial charge in [0.15, 0.2) is 0 Å². The molecule has 0 aliphatic rings. The summed E-state index contributed by atoms with van der Waals surface area (Å²) in [5, 5.41) is 0. The van der Waals surface area contributed by atoms with Crippen LogP contribution in [-0.2, 0) is 23.8 Å². The highest BCUT2D eigenvalue weighted by Crippen LogP contribution is 2.10. The number of hydrogen-bond donors (Lipinski definition) is 0. The van der Waals surface area contributed by atoms with Crippen LogP contribution in [0.5, 0.6) is 0 Å². The summed E-state index contributed by atoms with van der Waals surface area (Å²) in [7, 11) is 1.51. The van der Waals surface area contributed by atoms with E-state index in [2.05, 4.69) is 0 Å². The molecule has 0 aromatic carbocycles. The Morgan fingerprint density at radius 1 is 1.12 bits per heavy atom. The highest BCUT2D eigenvalue weighted by molar-refractivity contribution is 5.74. The molecule has 0 aromatic heterocycles. The molecule has 0 saturated carbocycles. The van der Waals surface area contributed by atoms with Gasteiger partial charge in [0.05, 0.1) is 25.7 Å². The van der Waals surface area contributed by atoms with Crippen molar-refractivity contribution in [3.05, 3.63) is 0 Å².